The third-order valence-electron chi connectivity index (χ3n) is 2.17. The summed E-state index contributed by atoms with van der Waals surface area (Å²) in [5.74, 6) is -0.337. The van der Waals surface area contributed by atoms with E-state index in [0.29, 0.717) is 0 Å². The largest absolute Gasteiger partial charge is 0.466 e. The molecule has 86 valence electrons. The summed E-state index contributed by atoms with van der Waals surface area (Å²) in [5.41, 5.74) is 1.23. The maximum absolute atomic E-state index is 10.8. The Balaban J connectivity index is 2.33. The molecular weight excluding hydrogens is 204 g/mol. The van der Waals surface area contributed by atoms with Crippen molar-refractivity contribution in [3.8, 4) is 0 Å². The Morgan fingerprint density at radius 1 is 1.50 bits per heavy atom. The van der Waals surface area contributed by atoms with Gasteiger partial charge in [0.05, 0.1) is 7.11 Å². The molecule has 0 saturated heterocycles. The smallest absolute Gasteiger partial charge is 0.331 e. The van der Waals surface area contributed by atoms with E-state index in [1.165, 1.54) is 18.7 Å². The molecule has 1 heterocycles. The fraction of sp³-hybridized carbons (Fsp3) is 0.333. The van der Waals surface area contributed by atoms with E-state index in [1.54, 1.807) is 18.6 Å². The van der Waals surface area contributed by atoms with Crippen LogP contribution in [-0.4, -0.2) is 36.6 Å². The highest BCUT2D eigenvalue weighted by molar-refractivity contribution is 5.81. The molecule has 1 aromatic heterocycles. The molecule has 1 aromatic rings. The molecule has 0 radical (unpaired) electrons. The van der Waals surface area contributed by atoms with Crippen LogP contribution in [0.2, 0.25) is 0 Å². The summed E-state index contributed by atoms with van der Waals surface area (Å²) in [7, 11) is 3.28. The molecule has 0 aliphatic rings. The molecule has 16 heavy (non-hydrogen) atoms. The lowest BCUT2D eigenvalue weighted by Gasteiger charge is -2.13. The molecule has 4 heteroatoms. The maximum atomic E-state index is 10.8. The number of ether oxygens (including phenoxy) is 1. The van der Waals surface area contributed by atoms with Crippen LogP contribution < -0.4 is 0 Å². The second kappa shape index (κ2) is 6.61. The van der Waals surface area contributed by atoms with Gasteiger partial charge >= 0.3 is 5.97 Å². The highest BCUT2D eigenvalue weighted by Crippen LogP contribution is 1.99. The number of hydrogen-bond donors (Lipinski definition) is 0. The van der Waals surface area contributed by atoms with E-state index in [4.69, 9.17) is 0 Å². The number of carbonyl (C=O) groups is 1. The van der Waals surface area contributed by atoms with Gasteiger partial charge in [-0.3, -0.25) is 4.98 Å². The summed E-state index contributed by atoms with van der Waals surface area (Å²) in [6.07, 6.45) is 7.60. The van der Waals surface area contributed by atoms with Crippen LogP contribution in [0.15, 0.2) is 36.8 Å². The summed E-state index contributed by atoms with van der Waals surface area (Å²) in [6.45, 7) is 0.845. The number of nitrogens with zero attached hydrogens (tertiary/aromatic N) is 2. The van der Waals surface area contributed by atoms with E-state index in [1.807, 2.05) is 24.1 Å². The lowest BCUT2D eigenvalue weighted by atomic mass is 10.2. The van der Waals surface area contributed by atoms with Crippen molar-refractivity contribution in [2.75, 3.05) is 20.7 Å². The van der Waals surface area contributed by atoms with E-state index >= 15 is 0 Å². The number of hydrogen-bond acceptors (Lipinski definition) is 4. The van der Waals surface area contributed by atoms with Gasteiger partial charge in [-0.2, -0.15) is 0 Å². The van der Waals surface area contributed by atoms with Crippen LogP contribution >= 0.6 is 0 Å². The van der Waals surface area contributed by atoms with Crippen molar-refractivity contribution >= 4 is 5.97 Å². The van der Waals surface area contributed by atoms with Gasteiger partial charge in [0, 0.05) is 38.3 Å². The lowest BCUT2D eigenvalue weighted by molar-refractivity contribution is -0.134. The summed E-state index contributed by atoms with van der Waals surface area (Å²) >= 11 is 0. The first-order valence-electron chi connectivity index (χ1n) is 5.07. The molecular formula is C12H16N2O2. The van der Waals surface area contributed by atoms with Crippen molar-refractivity contribution < 1.29 is 9.53 Å². The van der Waals surface area contributed by atoms with E-state index in [2.05, 4.69) is 9.72 Å². The van der Waals surface area contributed by atoms with E-state index < -0.39 is 0 Å². The Kier molecular flexibility index (Phi) is 5.05. The summed E-state index contributed by atoms with van der Waals surface area (Å²) in [6, 6.07) is 3.97. The summed E-state index contributed by atoms with van der Waals surface area (Å²) < 4.78 is 4.50. The number of methoxy groups -OCH3 is 1. The maximum Gasteiger partial charge on any atom is 0.331 e. The SMILES string of the molecule is COC(=O)C=CN(C)CCc1ccncc1. The highest BCUT2D eigenvalue weighted by Gasteiger charge is 1.96. The first-order chi connectivity index (χ1) is 7.72. The Morgan fingerprint density at radius 2 is 2.19 bits per heavy atom. The van der Waals surface area contributed by atoms with E-state index in [0.717, 1.165) is 13.0 Å². The van der Waals surface area contributed by atoms with Crippen molar-refractivity contribution in [1.82, 2.24) is 9.88 Å². The van der Waals surface area contributed by atoms with Crippen molar-refractivity contribution in [3.63, 3.8) is 0 Å². The zero-order chi connectivity index (χ0) is 11.8. The van der Waals surface area contributed by atoms with Gasteiger partial charge < -0.3 is 9.64 Å². The zero-order valence-corrected chi connectivity index (χ0v) is 9.59. The molecule has 0 aliphatic heterocycles. The minimum atomic E-state index is -0.337. The molecule has 0 atom stereocenters. The van der Waals surface area contributed by atoms with Gasteiger partial charge in [-0.25, -0.2) is 4.79 Å². The first-order valence-corrected chi connectivity index (χ1v) is 5.07. The summed E-state index contributed by atoms with van der Waals surface area (Å²) in [5, 5.41) is 0. The molecule has 0 N–H and O–H groups in total. The van der Waals surface area contributed by atoms with Gasteiger partial charge in [0.25, 0.3) is 0 Å². The van der Waals surface area contributed by atoms with Gasteiger partial charge in [-0.15, -0.1) is 0 Å². The molecule has 1 rings (SSSR count). The molecule has 4 nitrogen and oxygen atoms in total. The fourth-order valence-electron chi connectivity index (χ4n) is 1.19. The van der Waals surface area contributed by atoms with Crippen LogP contribution in [-0.2, 0) is 16.0 Å². The molecule has 0 spiro atoms. The minimum Gasteiger partial charge on any atom is -0.466 e. The lowest BCUT2D eigenvalue weighted by Crippen LogP contribution is -2.15. The van der Waals surface area contributed by atoms with Gasteiger partial charge in [-0.1, -0.05) is 0 Å². The van der Waals surface area contributed by atoms with Gasteiger partial charge in [-0.05, 0) is 24.1 Å². The Morgan fingerprint density at radius 3 is 2.81 bits per heavy atom. The van der Waals surface area contributed by atoms with Crippen LogP contribution in [0.5, 0.6) is 0 Å². The standard InChI is InChI=1S/C12H16N2O2/c1-14(10-6-12(15)16-2)9-5-11-3-7-13-8-4-11/h3-4,6-8,10H,5,9H2,1-2H3. The first kappa shape index (κ1) is 12.2. The predicted octanol–water partition coefficient (Wildman–Crippen LogP) is 1.24. The average Bonchev–Trinajstić information content (AvgIpc) is 2.34. The topological polar surface area (TPSA) is 42.4 Å². The Bertz CT molecular complexity index is 349. The quantitative estimate of drug-likeness (QED) is 0.553. The van der Waals surface area contributed by atoms with Crippen LogP contribution in [0, 0.1) is 0 Å². The van der Waals surface area contributed by atoms with Gasteiger partial charge in [0.1, 0.15) is 0 Å². The molecule has 0 unspecified atom stereocenters. The average molecular weight is 220 g/mol. The Labute approximate surface area is 95.6 Å². The van der Waals surface area contributed by atoms with Gasteiger partial charge in [0.15, 0.2) is 0 Å². The minimum absolute atomic E-state index is 0.337. The van der Waals surface area contributed by atoms with Crippen LogP contribution in [0.4, 0.5) is 0 Å². The van der Waals surface area contributed by atoms with Crippen LogP contribution in [0.3, 0.4) is 0 Å². The molecule has 0 bridgehead atoms. The highest BCUT2D eigenvalue weighted by atomic mass is 16.5. The summed E-state index contributed by atoms with van der Waals surface area (Å²) in [4.78, 5) is 16.7. The number of likely N-dealkylation sites (N-methyl/N-ethyl adjacent to an activating group) is 1. The van der Waals surface area contributed by atoms with Crippen LogP contribution in [0.1, 0.15) is 5.56 Å². The predicted molar refractivity (Wildman–Crippen MR) is 61.7 cm³/mol. The molecule has 0 fully saturated rings. The monoisotopic (exact) mass is 220 g/mol. The van der Waals surface area contributed by atoms with Crippen molar-refractivity contribution in [3.05, 3.63) is 42.4 Å². The van der Waals surface area contributed by atoms with E-state index in [-0.39, 0.29) is 5.97 Å². The van der Waals surface area contributed by atoms with Gasteiger partial charge in [0.2, 0.25) is 0 Å². The van der Waals surface area contributed by atoms with Crippen molar-refractivity contribution in [2.45, 2.75) is 6.42 Å². The number of aromatic nitrogens is 1. The molecule has 0 aromatic carbocycles. The Hall–Kier alpha value is -1.84. The normalized spacial score (nSPS) is 10.4. The van der Waals surface area contributed by atoms with Crippen molar-refractivity contribution in [2.24, 2.45) is 0 Å². The number of rotatable bonds is 5. The van der Waals surface area contributed by atoms with Crippen molar-refractivity contribution in [1.29, 1.82) is 0 Å². The number of carbonyl (C=O) groups excluding carboxylic acids is 1. The zero-order valence-electron chi connectivity index (χ0n) is 9.59. The molecule has 0 aliphatic carbocycles. The fourth-order valence-corrected chi connectivity index (χ4v) is 1.19. The number of esters is 1. The van der Waals surface area contributed by atoms with Crippen LogP contribution in [0.25, 0.3) is 0 Å². The third kappa shape index (κ3) is 4.59. The second-order valence-corrected chi connectivity index (χ2v) is 3.42. The second-order valence-electron chi connectivity index (χ2n) is 3.42. The molecule has 0 saturated carbocycles. The number of pyridine rings is 1. The van der Waals surface area contributed by atoms with E-state index in [9.17, 15) is 4.79 Å². The molecule has 0 amide bonds. The third-order valence-corrected chi connectivity index (χ3v) is 2.17.